The number of oxime groups is 1. The normalized spacial score (nSPS) is 23.7. The zero-order valence-electron chi connectivity index (χ0n) is 37.5. The number of carbonyl (C=O) groups excluding carboxylic acids is 5. The molecule has 4 aliphatic rings. The van der Waals surface area contributed by atoms with Crippen molar-refractivity contribution in [3.8, 4) is 11.5 Å². The number of nitrogens with zero attached hydrogens (tertiary/aromatic N) is 4. The van der Waals surface area contributed by atoms with Gasteiger partial charge in [0.15, 0.2) is 28.2 Å². The summed E-state index contributed by atoms with van der Waals surface area (Å²) in [6, 6.07) is 0.108. The van der Waals surface area contributed by atoms with Crippen LogP contribution in [-0.4, -0.2) is 132 Å². The molecule has 17 nitrogen and oxygen atoms in total. The third kappa shape index (κ3) is 11.9. The predicted molar refractivity (Wildman–Crippen MR) is 240 cm³/mol. The number of thiazole rings is 1. The monoisotopic (exact) mass is 944 g/mol. The molecule has 2 unspecified atom stereocenters. The Balaban J connectivity index is 1.07. The fraction of sp³-hybridized carbons (Fsp3) is 0.605. The van der Waals surface area contributed by atoms with Crippen molar-refractivity contribution in [1.82, 2.24) is 20.5 Å². The Morgan fingerprint density at radius 1 is 1.02 bits per heavy atom. The third-order valence-corrected chi connectivity index (χ3v) is 13.9. The third-order valence-electron chi connectivity index (χ3n) is 11.7. The quantitative estimate of drug-likeness (QED) is 0.0366. The highest BCUT2D eigenvalue weighted by Crippen LogP contribution is 2.44. The van der Waals surface area contributed by atoms with Gasteiger partial charge in [0.2, 0.25) is 5.75 Å². The van der Waals surface area contributed by atoms with E-state index in [4.69, 9.17) is 27.1 Å². The first kappa shape index (κ1) is 49.5. The van der Waals surface area contributed by atoms with E-state index in [9.17, 15) is 24.0 Å². The Kier molecular flexibility index (Phi) is 16.4. The molecule has 2 aromatic rings. The van der Waals surface area contributed by atoms with Crippen molar-refractivity contribution < 1.29 is 60.9 Å². The Morgan fingerprint density at radius 3 is 2.34 bits per heavy atom. The van der Waals surface area contributed by atoms with Gasteiger partial charge >= 0.3 is 14.1 Å². The lowest BCUT2D eigenvalue weighted by molar-refractivity contribution is -0.944. The highest BCUT2D eigenvalue weighted by molar-refractivity contribution is 8.00. The van der Waals surface area contributed by atoms with Gasteiger partial charge < -0.3 is 43.7 Å². The van der Waals surface area contributed by atoms with E-state index < -0.39 is 52.7 Å². The summed E-state index contributed by atoms with van der Waals surface area (Å²) in [4.78, 5) is 75.8. The van der Waals surface area contributed by atoms with Crippen LogP contribution in [0.25, 0.3) is 0 Å². The van der Waals surface area contributed by atoms with Crippen molar-refractivity contribution in [1.29, 1.82) is 0 Å². The van der Waals surface area contributed by atoms with Crippen LogP contribution in [0.3, 0.4) is 0 Å². The van der Waals surface area contributed by atoms with Gasteiger partial charge in [0.25, 0.3) is 23.7 Å². The maximum atomic E-state index is 15.9. The Hall–Kier alpha value is -4.96. The predicted octanol–water partition coefficient (Wildman–Crippen LogP) is 5.72. The van der Waals surface area contributed by atoms with Gasteiger partial charge in [-0.25, -0.2) is 18.6 Å². The van der Waals surface area contributed by atoms with Crippen LogP contribution in [0.4, 0.5) is 18.7 Å². The van der Waals surface area contributed by atoms with Crippen LogP contribution < -0.4 is 25.4 Å². The minimum absolute atomic E-state index is 0.0431. The first-order chi connectivity index (χ1) is 31.0. The number of anilines is 1. The molecule has 3 fully saturated rings. The molecule has 65 heavy (non-hydrogen) atoms. The average molecular weight is 945 g/mol. The number of fused-ring (bicyclic) bond motifs is 3. The van der Waals surface area contributed by atoms with E-state index in [1.165, 1.54) is 17.1 Å². The van der Waals surface area contributed by atoms with E-state index in [1.807, 2.05) is 20.0 Å². The van der Waals surface area contributed by atoms with Crippen LogP contribution in [0.5, 0.6) is 11.5 Å². The number of piperidine rings is 1. The molecule has 352 valence electrons. The zero-order valence-corrected chi connectivity index (χ0v) is 39.2. The molecule has 0 spiro atoms. The van der Waals surface area contributed by atoms with Crippen LogP contribution in [-0.2, 0) is 28.6 Å². The molecule has 0 saturated carbocycles. The van der Waals surface area contributed by atoms with E-state index in [-0.39, 0.29) is 83.7 Å². The first-order valence-corrected chi connectivity index (χ1v) is 23.8. The summed E-state index contributed by atoms with van der Waals surface area (Å²) >= 11 is 2.53. The fourth-order valence-electron chi connectivity index (χ4n) is 8.46. The van der Waals surface area contributed by atoms with E-state index in [0.717, 1.165) is 53.1 Å². The summed E-state index contributed by atoms with van der Waals surface area (Å²) in [5.74, 6) is -4.43. The first-order valence-electron chi connectivity index (χ1n) is 21.9. The van der Waals surface area contributed by atoms with Crippen molar-refractivity contribution in [2.24, 2.45) is 5.16 Å². The Labute approximate surface area is 386 Å². The number of aromatic nitrogens is 1. The lowest BCUT2D eigenvalue weighted by Gasteiger charge is -2.50. The number of thioether (sulfide) groups is 1. The summed E-state index contributed by atoms with van der Waals surface area (Å²) in [6.45, 7) is 9.79. The standard InChI is InChI=1S/C43H56BF2N7O10S2/c1-7-9-14-59-35-29(45)19-28(32(46)36(35)60-15-10-8-2)37(55)47-25-17-26-11-12-27(18-25)53(26,6)21-24-20-52-39(57)34(40(52)64-22-24)49-38(56)33(51-61-16-13-31(54)63-44)30-23-65-41(48-30)50-42(58)62-43(3,4)5/h19-20,23,25-27,34,40H,7-18,21-22H2,1-6H3,(H2-,47,48,49,50,55,56,58)/p+1/b51-33-/t25?,26-,27+,34-,40-,53?/m1/s1. The molecule has 1 aromatic carbocycles. The second-order valence-corrected chi connectivity index (χ2v) is 19.6. The largest absolute Gasteiger partial charge is 0.543 e. The molecule has 3 N–H and O–H groups in total. The molecule has 2 bridgehead atoms. The molecule has 4 amide bonds. The van der Waals surface area contributed by atoms with Gasteiger partial charge in [0, 0.05) is 54.6 Å². The Morgan fingerprint density at radius 2 is 1.69 bits per heavy atom. The minimum Gasteiger partial charge on any atom is -0.543 e. The molecular formula is C43H57BF2N7O10S2+. The van der Waals surface area contributed by atoms with Gasteiger partial charge in [0.1, 0.15) is 35.9 Å². The highest BCUT2D eigenvalue weighted by Gasteiger charge is 2.54. The van der Waals surface area contributed by atoms with Crippen LogP contribution in [0, 0.1) is 11.6 Å². The molecule has 3 saturated heterocycles. The molecular weight excluding hydrogens is 887 g/mol. The maximum Gasteiger partial charge on any atom is 0.413 e. The molecule has 0 aliphatic carbocycles. The number of hydrogen-bond donors (Lipinski definition) is 3. The second-order valence-electron chi connectivity index (χ2n) is 17.7. The number of quaternary nitrogens is 1. The van der Waals surface area contributed by atoms with Crippen LogP contribution in [0.1, 0.15) is 108 Å². The zero-order chi connectivity index (χ0) is 47.1. The van der Waals surface area contributed by atoms with Gasteiger partial charge in [-0.1, -0.05) is 31.8 Å². The number of carbonyl (C=O) groups is 5. The van der Waals surface area contributed by atoms with Crippen LogP contribution >= 0.6 is 23.1 Å². The summed E-state index contributed by atoms with van der Waals surface area (Å²) in [7, 11) is 7.08. The number of unbranched alkanes of at least 4 members (excludes halogenated alkanes) is 2. The van der Waals surface area contributed by atoms with Crippen LogP contribution in [0.15, 0.2) is 28.4 Å². The van der Waals surface area contributed by atoms with Crippen molar-refractivity contribution in [3.05, 3.63) is 46.1 Å². The molecule has 4 aliphatic heterocycles. The SMILES string of the molecule is [B]OC(=O)CCO/N=C(\C(=O)N[C@@H]1C(=O)N2C=C(C[N+]3(C)[C@@H]4CC[C@H]3CC(NC(=O)c3cc(F)c(OCCCC)c(OCCCC)c3F)C4)CS[C@H]12)c1csc(NC(=O)OC(C)(C)C)n1. The average Bonchev–Trinajstić information content (AvgIpc) is 3.74. The topological polar surface area (TPSA) is 196 Å². The summed E-state index contributed by atoms with van der Waals surface area (Å²) < 4.78 is 52.7. The van der Waals surface area contributed by atoms with Crippen molar-refractivity contribution >= 4 is 71.8 Å². The lowest BCUT2D eigenvalue weighted by Crippen LogP contribution is -2.69. The van der Waals surface area contributed by atoms with Gasteiger partial charge in [-0.2, -0.15) is 0 Å². The number of amides is 4. The molecule has 5 heterocycles. The summed E-state index contributed by atoms with van der Waals surface area (Å²) in [5.41, 5.74) is -0.377. The minimum atomic E-state index is -0.942. The van der Waals surface area contributed by atoms with E-state index in [1.54, 1.807) is 25.7 Å². The number of benzene rings is 1. The van der Waals surface area contributed by atoms with Gasteiger partial charge in [-0.3, -0.25) is 24.5 Å². The van der Waals surface area contributed by atoms with Gasteiger partial charge in [-0.15, -0.1) is 23.1 Å². The summed E-state index contributed by atoms with van der Waals surface area (Å²) in [5, 5.41) is 13.4. The molecule has 2 radical (unpaired) electrons. The highest BCUT2D eigenvalue weighted by atomic mass is 32.2. The molecule has 1 aromatic heterocycles. The maximum absolute atomic E-state index is 15.9. The second kappa shape index (κ2) is 21.6. The van der Waals surface area contributed by atoms with Crippen molar-refractivity contribution in [2.75, 3.05) is 44.5 Å². The molecule has 6 rings (SSSR count). The Bertz CT molecular complexity index is 2160. The number of likely N-dealkylation sites (N-methyl/N-ethyl adjacent to an activating group) is 1. The van der Waals surface area contributed by atoms with E-state index >= 15 is 8.78 Å². The smallest absolute Gasteiger partial charge is 0.413 e. The van der Waals surface area contributed by atoms with Gasteiger partial charge in [-0.05, 0) is 39.7 Å². The summed E-state index contributed by atoms with van der Waals surface area (Å²) in [6.07, 6.45) is 6.87. The molecule has 22 heteroatoms. The number of ether oxygens (including phenoxy) is 3. The number of rotatable bonds is 20. The number of halogens is 2. The van der Waals surface area contributed by atoms with Crippen molar-refractivity contribution in [3.63, 3.8) is 0 Å². The van der Waals surface area contributed by atoms with Crippen molar-refractivity contribution in [2.45, 2.75) is 128 Å². The van der Waals surface area contributed by atoms with Gasteiger partial charge in [0.05, 0.1) is 44.3 Å². The van der Waals surface area contributed by atoms with E-state index in [0.29, 0.717) is 38.0 Å². The van der Waals surface area contributed by atoms with Crippen LogP contribution in [0.2, 0.25) is 0 Å². The number of hydrogen-bond acceptors (Lipinski definition) is 14. The molecule has 6 atom stereocenters. The van der Waals surface area contributed by atoms with E-state index in [2.05, 4.69) is 37.8 Å². The lowest BCUT2D eigenvalue weighted by atomic mass is 9.93. The number of nitrogens with one attached hydrogen (secondary N) is 3. The number of β-lactam (4-membered cyclic amide) rings is 1. The fourth-order valence-corrected chi connectivity index (χ4v) is 10.4.